The summed E-state index contributed by atoms with van der Waals surface area (Å²) in [5, 5.41) is 5.20. The Bertz CT molecular complexity index is 731. The molecule has 0 radical (unpaired) electrons. The molecule has 2 rings (SSSR count). The number of amides is 2. The van der Waals surface area contributed by atoms with Crippen molar-refractivity contribution in [2.75, 3.05) is 20.8 Å². The highest BCUT2D eigenvalue weighted by atomic mass is 16.5. The van der Waals surface area contributed by atoms with Gasteiger partial charge in [0, 0.05) is 18.7 Å². The standard InChI is InChI=1S/C19H22N2O4/c1-24-16-9-5-3-7-14(16)11-12-20-18(22)19(23)21-13-15-8-4-6-10-17(15)25-2/h3-10H,11-13H2,1-2H3,(H,20,22)(H,21,23). The zero-order chi connectivity index (χ0) is 18.1. The topological polar surface area (TPSA) is 76.7 Å². The number of rotatable bonds is 7. The monoisotopic (exact) mass is 342 g/mol. The summed E-state index contributed by atoms with van der Waals surface area (Å²) in [7, 11) is 3.16. The number of carbonyl (C=O) groups is 2. The molecule has 25 heavy (non-hydrogen) atoms. The number of carbonyl (C=O) groups excluding carboxylic acids is 2. The van der Waals surface area contributed by atoms with E-state index in [2.05, 4.69) is 10.6 Å². The predicted octanol–water partition coefficient (Wildman–Crippen LogP) is 1.68. The lowest BCUT2D eigenvalue weighted by molar-refractivity contribution is -0.139. The summed E-state index contributed by atoms with van der Waals surface area (Å²) in [5.74, 6) is 0.0903. The fraction of sp³-hybridized carbons (Fsp3) is 0.263. The SMILES string of the molecule is COc1ccccc1CCNC(=O)C(=O)NCc1ccccc1OC. The zero-order valence-corrected chi connectivity index (χ0v) is 14.4. The summed E-state index contributed by atoms with van der Waals surface area (Å²) in [6.07, 6.45) is 0.579. The first-order chi connectivity index (χ1) is 12.2. The van der Waals surface area contributed by atoms with Crippen molar-refractivity contribution in [3.8, 4) is 11.5 Å². The van der Waals surface area contributed by atoms with Crippen molar-refractivity contribution in [3.05, 3.63) is 59.7 Å². The van der Waals surface area contributed by atoms with Gasteiger partial charge < -0.3 is 20.1 Å². The zero-order valence-electron chi connectivity index (χ0n) is 14.4. The third-order valence-corrected chi connectivity index (χ3v) is 3.71. The lowest BCUT2D eigenvalue weighted by Gasteiger charge is -2.10. The summed E-state index contributed by atoms with van der Waals surface area (Å²) in [4.78, 5) is 23.8. The van der Waals surface area contributed by atoms with Crippen LogP contribution in [0.3, 0.4) is 0 Å². The molecule has 2 amide bonds. The molecule has 0 fully saturated rings. The molecule has 0 aromatic heterocycles. The van der Waals surface area contributed by atoms with Crippen molar-refractivity contribution >= 4 is 11.8 Å². The van der Waals surface area contributed by atoms with Crippen LogP contribution in [0.1, 0.15) is 11.1 Å². The van der Waals surface area contributed by atoms with Gasteiger partial charge in [0.1, 0.15) is 11.5 Å². The van der Waals surface area contributed by atoms with E-state index in [9.17, 15) is 9.59 Å². The van der Waals surface area contributed by atoms with Gasteiger partial charge in [-0.25, -0.2) is 0 Å². The number of benzene rings is 2. The van der Waals surface area contributed by atoms with Crippen molar-refractivity contribution < 1.29 is 19.1 Å². The second-order valence-electron chi connectivity index (χ2n) is 5.31. The van der Waals surface area contributed by atoms with Crippen LogP contribution in [0.5, 0.6) is 11.5 Å². The van der Waals surface area contributed by atoms with Gasteiger partial charge in [-0.15, -0.1) is 0 Å². The van der Waals surface area contributed by atoms with Gasteiger partial charge >= 0.3 is 11.8 Å². The van der Waals surface area contributed by atoms with Crippen LogP contribution in [0.2, 0.25) is 0 Å². The van der Waals surface area contributed by atoms with Crippen LogP contribution in [0.25, 0.3) is 0 Å². The Balaban J connectivity index is 1.79. The number of nitrogens with one attached hydrogen (secondary N) is 2. The smallest absolute Gasteiger partial charge is 0.309 e. The van der Waals surface area contributed by atoms with Gasteiger partial charge in [0.2, 0.25) is 0 Å². The third-order valence-electron chi connectivity index (χ3n) is 3.71. The van der Waals surface area contributed by atoms with Gasteiger partial charge in [-0.1, -0.05) is 36.4 Å². The molecule has 6 nitrogen and oxygen atoms in total. The highest BCUT2D eigenvalue weighted by Gasteiger charge is 2.13. The van der Waals surface area contributed by atoms with E-state index in [1.165, 1.54) is 0 Å². The average Bonchev–Trinajstić information content (AvgIpc) is 2.66. The first-order valence-corrected chi connectivity index (χ1v) is 7.95. The van der Waals surface area contributed by atoms with E-state index in [0.29, 0.717) is 18.7 Å². The Morgan fingerprint density at radius 3 is 1.96 bits per heavy atom. The van der Waals surface area contributed by atoms with Gasteiger partial charge in [0.05, 0.1) is 14.2 Å². The molecule has 0 atom stereocenters. The normalized spacial score (nSPS) is 10.0. The van der Waals surface area contributed by atoms with E-state index in [0.717, 1.165) is 16.9 Å². The maximum absolute atomic E-state index is 11.9. The molecule has 0 aliphatic heterocycles. The minimum atomic E-state index is -0.675. The van der Waals surface area contributed by atoms with E-state index in [4.69, 9.17) is 9.47 Å². The quantitative estimate of drug-likeness (QED) is 0.751. The van der Waals surface area contributed by atoms with Crippen molar-refractivity contribution in [3.63, 3.8) is 0 Å². The molecule has 0 spiro atoms. The summed E-state index contributed by atoms with van der Waals surface area (Å²) in [5.41, 5.74) is 1.78. The van der Waals surface area contributed by atoms with Gasteiger partial charge in [-0.3, -0.25) is 9.59 Å². The van der Waals surface area contributed by atoms with E-state index >= 15 is 0 Å². The second-order valence-corrected chi connectivity index (χ2v) is 5.31. The fourth-order valence-corrected chi connectivity index (χ4v) is 2.41. The Kier molecular flexibility index (Phi) is 6.83. The maximum Gasteiger partial charge on any atom is 0.309 e. The molecule has 0 bridgehead atoms. The Morgan fingerprint density at radius 1 is 0.800 bits per heavy atom. The van der Waals surface area contributed by atoms with Crippen LogP contribution in [0.15, 0.2) is 48.5 Å². The molecular formula is C19H22N2O4. The molecule has 0 saturated heterocycles. The lowest BCUT2D eigenvalue weighted by atomic mass is 10.1. The number of hydrogen-bond acceptors (Lipinski definition) is 4. The van der Waals surface area contributed by atoms with Gasteiger partial charge in [0.25, 0.3) is 0 Å². The Labute approximate surface area is 147 Å². The van der Waals surface area contributed by atoms with E-state index in [1.54, 1.807) is 20.3 Å². The molecule has 0 saturated carbocycles. The van der Waals surface area contributed by atoms with Crippen molar-refractivity contribution in [1.29, 1.82) is 0 Å². The molecule has 0 heterocycles. The van der Waals surface area contributed by atoms with Crippen LogP contribution in [0.4, 0.5) is 0 Å². The van der Waals surface area contributed by atoms with E-state index in [1.807, 2.05) is 42.5 Å². The molecule has 132 valence electrons. The first kappa shape index (κ1) is 18.3. The van der Waals surface area contributed by atoms with Gasteiger partial charge in [-0.2, -0.15) is 0 Å². The molecule has 0 aliphatic rings. The minimum Gasteiger partial charge on any atom is -0.496 e. The maximum atomic E-state index is 11.9. The Hall–Kier alpha value is -3.02. The molecule has 2 aromatic carbocycles. The minimum absolute atomic E-state index is 0.225. The molecule has 2 N–H and O–H groups in total. The largest absolute Gasteiger partial charge is 0.496 e. The highest BCUT2D eigenvalue weighted by Crippen LogP contribution is 2.17. The molecule has 0 aliphatic carbocycles. The summed E-state index contributed by atoms with van der Waals surface area (Å²) in [6, 6.07) is 14.9. The lowest BCUT2D eigenvalue weighted by Crippen LogP contribution is -2.40. The molecular weight excluding hydrogens is 320 g/mol. The fourth-order valence-electron chi connectivity index (χ4n) is 2.41. The second kappa shape index (κ2) is 9.32. The summed E-state index contributed by atoms with van der Waals surface area (Å²) >= 11 is 0. The van der Waals surface area contributed by atoms with Crippen LogP contribution in [-0.2, 0) is 22.6 Å². The van der Waals surface area contributed by atoms with Crippen LogP contribution in [-0.4, -0.2) is 32.6 Å². The van der Waals surface area contributed by atoms with Crippen LogP contribution in [0, 0.1) is 0 Å². The average molecular weight is 342 g/mol. The van der Waals surface area contributed by atoms with Crippen LogP contribution < -0.4 is 20.1 Å². The Morgan fingerprint density at radius 2 is 1.32 bits per heavy atom. The summed E-state index contributed by atoms with van der Waals surface area (Å²) < 4.78 is 10.5. The summed E-state index contributed by atoms with van der Waals surface area (Å²) in [6.45, 7) is 0.573. The predicted molar refractivity (Wildman–Crippen MR) is 94.5 cm³/mol. The van der Waals surface area contributed by atoms with Crippen molar-refractivity contribution in [1.82, 2.24) is 10.6 Å². The van der Waals surface area contributed by atoms with Gasteiger partial charge in [0.15, 0.2) is 0 Å². The van der Waals surface area contributed by atoms with Crippen LogP contribution >= 0.6 is 0 Å². The van der Waals surface area contributed by atoms with Crippen molar-refractivity contribution in [2.24, 2.45) is 0 Å². The van der Waals surface area contributed by atoms with E-state index in [-0.39, 0.29) is 6.54 Å². The third kappa shape index (κ3) is 5.24. The molecule has 2 aromatic rings. The molecule has 0 unspecified atom stereocenters. The first-order valence-electron chi connectivity index (χ1n) is 7.95. The number of methoxy groups -OCH3 is 2. The number of hydrogen-bond donors (Lipinski definition) is 2. The van der Waals surface area contributed by atoms with Gasteiger partial charge in [-0.05, 0) is 24.1 Å². The number of ether oxygens (including phenoxy) is 2. The van der Waals surface area contributed by atoms with E-state index < -0.39 is 11.8 Å². The molecule has 6 heteroatoms. The van der Waals surface area contributed by atoms with Crippen molar-refractivity contribution in [2.45, 2.75) is 13.0 Å². The highest BCUT2D eigenvalue weighted by molar-refractivity contribution is 6.35. The number of para-hydroxylation sites is 2.